The predicted octanol–water partition coefficient (Wildman–Crippen LogP) is 2.55. The average molecular weight is 256 g/mol. The van der Waals surface area contributed by atoms with Crippen molar-refractivity contribution in [3.8, 4) is 0 Å². The molecule has 2 aromatic rings. The molecule has 0 aliphatic rings. The summed E-state index contributed by atoms with van der Waals surface area (Å²) in [6, 6.07) is 13.8. The van der Waals surface area contributed by atoms with E-state index in [-0.39, 0.29) is 11.9 Å². The van der Waals surface area contributed by atoms with Crippen molar-refractivity contribution in [2.75, 3.05) is 6.54 Å². The number of carbonyl (C=O) groups excluding carboxylic acids is 1. The smallest absolute Gasteiger partial charge is 0.251 e. The van der Waals surface area contributed by atoms with E-state index in [0.29, 0.717) is 18.0 Å². The Morgan fingerprint density at radius 3 is 2.47 bits per heavy atom. The number of rotatable bonds is 4. The highest BCUT2D eigenvalue weighted by Gasteiger charge is 2.15. The maximum absolute atomic E-state index is 12.2. The zero-order valence-electron chi connectivity index (χ0n) is 11.4. The van der Waals surface area contributed by atoms with Crippen molar-refractivity contribution in [3.63, 3.8) is 0 Å². The third-order valence-corrected chi connectivity index (χ3v) is 3.39. The first kappa shape index (κ1) is 13.6. The lowest BCUT2D eigenvalue weighted by Gasteiger charge is -2.20. The van der Waals surface area contributed by atoms with Gasteiger partial charge in [-0.3, -0.25) is 4.79 Å². The van der Waals surface area contributed by atoms with Crippen molar-refractivity contribution in [2.24, 2.45) is 11.7 Å². The van der Waals surface area contributed by atoms with Gasteiger partial charge in [0.25, 0.3) is 5.91 Å². The standard InChI is InChI=1S/C16H20N2O/c1-11(2)15(10-17)18-16(19)14-8-7-12-5-3-4-6-13(12)9-14/h3-9,11,15H,10,17H2,1-2H3,(H,18,19). The largest absolute Gasteiger partial charge is 0.348 e. The molecule has 19 heavy (non-hydrogen) atoms. The van der Waals surface area contributed by atoms with Gasteiger partial charge in [0, 0.05) is 18.2 Å². The van der Waals surface area contributed by atoms with Crippen LogP contribution in [0.1, 0.15) is 24.2 Å². The second kappa shape index (κ2) is 5.85. The molecule has 3 heteroatoms. The molecule has 2 aromatic carbocycles. The van der Waals surface area contributed by atoms with Crippen LogP contribution in [0.15, 0.2) is 42.5 Å². The summed E-state index contributed by atoms with van der Waals surface area (Å²) >= 11 is 0. The molecule has 1 unspecified atom stereocenters. The van der Waals surface area contributed by atoms with E-state index in [0.717, 1.165) is 10.8 Å². The summed E-state index contributed by atoms with van der Waals surface area (Å²) in [6.07, 6.45) is 0. The van der Waals surface area contributed by atoms with Crippen LogP contribution in [-0.4, -0.2) is 18.5 Å². The lowest BCUT2D eigenvalue weighted by atomic mass is 10.0. The number of benzene rings is 2. The lowest BCUT2D eigenvalue weighted by molar-refractivity contribution is 0.0928. The van der Waals surface area contributed by atoms with Gasteiger partial charge in [-0.15, -0.1) is 0 Å². The fourth-order valence-electron chi connectivity index (χ4n) is 2.08. The molecule has 1 atom stereocenters. The number of amides is 1. The molecule has 0 saturated carbocycles. The van der Waals surface area contributed by atoms with Gasteiger partial charge in [0.15, 0.2) is 0 Å². The molecular formula is C16H20N2O. The summed E-state index contributed by atoms with van der Waals surface area (Å²) in [6.45, 7) is 4.56. The van der Waals surface area contributed by atoms with E-state index in [4.69, 9.17) is 5.73 Å². The summed E-state index contributed by atoms with van der Waals surface area (Å²) < 4.78 is 0. The van der Waals surface area contributed by atoms with E-state index < -0.39 is 0 Å². The number of nitrogens with one attached hydrogen (secondary N) is 1. The summed E-state index contributed by atoms with van der Waals surface area (Å²) in [7, 11) is 0. The van der Waals surface area contributed by atoms with Crippen LogP contribution in [0.5, 0.6) is 0 Å². The Morgan fingerprint density at radius 2 is 1.84 bits per heavy atom. The van der Waals surface area contributed by atoms with Crippen LogP contribution in [0.25, 0.3) is 10.8 Å². The molecule has 1 amide bonds. The highest BCUT2D eigenvalue weighted by molar-refractivity contribution is 5.98. The number of hydrogen-bond acceptors (Lipinski definition) is 2. The predicted molar refractivity (Wildman–Crippen MR) is 79.1 cm³/mol. The summed E-state index contributed by atoms with van der Waals surface area (Å²) in [4.78, 5) is 12.2. The van der Waals surface area contributed by atoms with Crippen LogP contribution in [0.3, 0.4) is 0 Å². The highest BCUT2D eigenvalue weighted by Crippen LogP contribution is 2.15. The van der Waals surface area contributed by atoms with E-state index in [9.17, 15) is 4.79 Å². The molecular weight excluding hydrogens is 236 g/mol. The van der Waals surface area contributed by atoms with Crippen molar-refractivity contribution < 1.29 is 4.79 Å². The quantitative estimate of drug-likeness (QED) is 0.883. The Bertz CT molecular complexity index is 578. The Morgan fingerprint density at radius 1 is 1.16 bits per heavy atom. The van der Waals surface area contributed by atoms with Gasteiger partial charge in [0.2, 0.25) is 0 Å². The average Bonchev–Trinajstić information content (AvgIpc) is 2.43. The van der Waals surface area contributed by atoms with Gasteiger partial charge in [-0.2, -0.15) is 0 Å². The second-order valence-electron chi connectivity index (χ2n) is 5.12. The van der Waals surface area contributed by atoms with Gasteiger partial charge >= 0.3 is 0 Å². The number of nitrogens with two attached hydrogens (primary N) is 1. The Kier molecular flexibility index (Phi) is 4.17. The Labute approximate surface area is 113 Å². The van der Waals surface area contributed by atoms with E-state index >= 15 is 0 Å². The summed E-state index contributed by atoms with van der Waals surface area (Å²) in [5, 5.41) is 5.19. The minimum Gasteiger partial charge on any atom is -0.348 e. The molecule has 0 heterocycles. The second-order valence-corrected chi connectivity index (χ2v) is 5.12. The summed E-state index contributed by atoms with van der Waals surface area (Å²) in [5.41, 5.74) is 6.35. The van der Waals surface area contributed by atoms with Crippen LogP contribution in [0.2, 0.25) is 0 Å². The molecule has 0 saturated heterocycles. The van der Waals surface area contributed by atoms with Crippen molar-refractivity contribution in [1.82, 2.24) is 5.32 Å². The molecule has 0 aliphatic carbocycles. The van der Waals surface area contributed by atoms with Gasteiger partial charge < -0.3 is 11.1 Å². The molecule has 0 radical (unpaired) electrons. The summed E-state index contributed by atoms with van der Waals surface area (Å²) in [5.74, 6) is 0.268. The zero-order valence-corrected chi connectivity index (χ0v) is 11.4. The molecule has 0 aliphatic heterocycles. The molecule has 3 nitrogen and oxygen atoms in total. The van der Waals surface area contributed by atoms with Crippen molar-refractivity contribution in [1.29, 1.82) is 0 Å². The third kappa shape index (κ3) is 3.12. The molecule has 100 valence electrons. The van der Waals surface area contributed by atoms with E-state index in [1.54, 1.807) is 0 Å². The Balaban J connectivity index is 2.21. The fraction of sp³-hybridized carbons (Fsp3) is 0.312. The Hall–Kier alpha value is -1.87. The fourth-order valence-corrected chi connectivity index (χ4v) is 2.08. The van der Waals surface area contributed by atoms with Gasteiger partial charge in [-0.1, -0.05) is 44.2 Å². The van der Waals surface area contributed by atoms with Crippen LogP contribution >= 0.6 is 0 Å². The zero-order chi connectivity index (χ0) is 13.8. The number of hydrogen-bond donors (Lipinski definition) is 2. The number of carbonyl (C=O) groups is 1. The van der Waals surface area contributed by atoms with E-state index in [1.165, 1.54) is 0 Å². The van der Waals surface area contributed by atoms with Crippen molar-refractivity contribution in [3.05, 3.63) is 48.0 Å². The molecule has 0 fully saturated rings. The van der Waals surface area contributed by atoms with Gasteiger partial charge in [0.1, 0.15) is 0 Å². The first-order valence-corrected chi connectivity index (χ1v) is 6.61. The first-order chi connectivity index (χ1) is 9.11. The maximum Gasteiger partial charge on any atom is 0.251 e. The van der Waals surface area contributed by atoms with Crippen LogP contribution < -0.4 is 11.1 Å². The van der Waals surface area contributed by atoms with E-state index in [1.807, 2.05) is 42.5 Å². The maximum atomic E-state index is 12.2. The normalized spacial score (nSPS) is 12.6. The lowest BCUT2D eigenvalue weighted by Crippen LogP contribution is -2.43. The minimum absolute atomic E-state index is 0.0129. The minimum atomic E-state index is -0.0603. The van der Waals surface area contributed by atoms with Gasteiger partial charge in [0.05, 0.1) is 0 Å². The molecule has 2 rings (SSSR count). The molecule has 0 spiro atoms. The number of fused-ring (bicyclic) bond motifs is 1. The van der Waals surface area contributed by atoms with Gasteiger partial charge in [-0.05, 0) is 28.8 Å². The van der Waals surface area contributed by atoms with Gasteiger partial charge in [-0.25, -0.2) is 0 Å². The SMILES string of the molecule is CC(C)C(CN)NC(=O)c1ccc2ccccc2c1. The van der Waals surface area contributed by atoms with Crippen molar-refractivity contribution >= 4 is 16.7 Å². The van der Waals surface area contributed by atoms with Crippen LogP contribution in [0, 0.1) is 5.92 Å². The van der Waals surface area contributed by atoms with E-state index in [2.05, 4.69) is 19.2 Å². The third-order valence-electron chi connectivity index (χ3n) is 3.39. The van der Waals surface area contributed by atoms with Crippen LogP contribution in [-0.2, 0) is 0 Å². The van der Waals surface area contributed by atoms with Crippen LogP contribution in [0.4, 0.5) is 0 Å². The topological polar surface area (TPSA) is 55.1 Å². The molecule has 0 aromatic heterocycles. The monoisotopic (exact) mass is 256 g/mol. The molecule has 0 bridgehead atoms. The van der Waals surface area contributed by atoms with Crippen molar-refractivity contribution in [2.45, 2.75) is 19.9 Å². The highest BCUT2D eigenvalue weighted by atomic mass is 16.1. The molecule has 3 N–H and O–H groups in total. The first-order valence-electron chi connectivity index (χ1n) is 6.61.